The second-order valence-electron chi connectivity index (χ2n) is 5.67. The van der Waals surface area contributed by atoms with Gasteiger partial charge in [0.05, 0.1) is 5.69 Å². The van der Waals surface area contributed by atoms with Crippen LogP contribution in [0.5, 0.6) is 0 Å². The van der Waals surface area contributed by atoms with Crippen LogP contribution in [0.4, 0.5) is 10.8 Å². The van der Waals surface area contributed by atoms with Crippen molar-refractivity contribution >= 4 is 22.2 Å². The normalized spacial score (nSPS) is 12.5. The second kappa shape index (κ2) is 6.58. The van der Waals surface area contributed by atoms with Gasteiger partial charge in [-0.2, -0.15) is 0 Å². The number of aromatic nitrogens is 1. The Morgan fingerprint density at radius 3 is 2.62 bits per heavy atom. The van der Waals surface area contributed by atoms with Crippen molar-refractivity contribution in [1.29, 1.82) is 0 Å². The minimum atomic E-state index is 0.459. The molecule has 0 amide bonds. The Hall–Kier alpha value is -1.39. The van der Waals surface area contributed by atoms with Gasteiger partial charge in [-0.25, -0.2) is 4.98 Å². The van der Waals surface area contributed by atoms with Crippen LogP contribution in [0, 0.1) is 13.8 Å². The molecule has 21 heavy (non-hydrogen) atoms. The predicted octanol–water partition coefficient (Wildman–Crippen LogP) is 4.50. The average Bonchev–Trinajstić information content (AvgIpc) is 2.90. The van der Waals surface area contributed by atoms with Crippen molar-refractivity contribution < 1.29 is 0 Å². The molecule has 0 saturated heterocycles. The molecular weight excluding hydrogens is 278 g/mol. The van der Waals surface area contributed by atoms with E-state index in [2.05, 4.69) is 57.8 Å². The number of benzene rings is 1. The molecule has 0 fully saturated rings. The van der Waals surface area contributed by atoms with Crippen molar-refractivity contribution in [2.75, 3.05) is 11.9 Å². The van der Waals surface area contributed by atoms with Crippen molar-refractivity contribution in [1.82, 2.24) is 4.98 Å². The van der Waals surface area contributed by atoms with Crippen LogP contribution in [0.2, 0.25) is 0 Å². The maximum atomic E-state index is 5.90. The first-order valence-electron chi connectivity index (χ1n) is 7.48. The first-order chi connectivity index (χ1) is 9.97. The summed E-state index contributed by atoms with van der Waals surface area (Å²) in [6, 6.07) is 6.52. The van der Waals surface area contributed by atoms with E-state index in [0.717, 1.165) is 17.2 Å². The minimum Gasteiger partial charge on any atom is -0.326 e. The number of hydrogen-bond acceptors (Lipinski definition) is 4. The molecule has 0 aliphatic carbocycles. The molecule has 1 atom stereocenters. The fraction of sp³-hybridized carbons (Fsp3) is 0.471. The van der Waals surface area contributed by atoms with Crippen LogP contribution in [0.25, 0.3) is 0 Å². The zero-order valence-corrected chi connectivity index (χ0v) is 14.4. The molecule has 1 unspecified atom stereocenters. The van der Waals surface area contributed by atoms with E-state index in [1.54, 1.807) is 11.3 Å². The van der Waals surface area contributed by atoms with Crippen LogP contribution in [0.3, 0.4) is 0 Å². The van der Waals surface area contributed by atoms with Crippen LogP contribution >= 0.6 is 11.3 Å². The summed E-state index contributed by atoms with van der Waals surface area (Å²) < 4.78 is 0. The maximum absolute atomic E-state index is 5.90. The van der Waals surface area contributed by atoms with Crippen LogP contribution < -0.4 is 10.6 Å². The topological polar surface area (TPSA) is 42.2 Å². The molecule has 0 bridgehead atoms. The largest absolute Gasteiger partial charge is 0.326 e. The van der Waals surface area contributed by atoms with Crippen LogP contribution in [0.1, 0.15) is 47.9 Å². The highest BCUT2D eigenvalue weighted by atomic mass is 32.1. The first-order valence-corrected chi connectivity index (χ1v) is 8.30. The van der Waals surface area contributed by atoms with Gasteiger partial charge in [-0.3, -0.25) is 0 Å². The van der Waals surface area contributed by atoms with Gasteiger partial charge in [0.2, 0.25) is 0 Å². The van der Waals surface area contributed by atoms with Gasteiger partial charge >= 0.3 is 0 Å². The van der Waals surface area contributed by atoms with E-state index in [-0.39, 0.29) is 0 Å². The van der Waals surface area contributed by atoms with Gasteiger partial charge in [0.25, 0.3) is 0 Å². The summed E-state index contributed by atoms with van der Waals surface area (Å²) in [5.41, 5.74) is 10.8. The Balaban J connectivity index is 2.39. The molecule has 0 aliphatic heterocycles. The summed E-state index contributed by atoms with van der Waals surface area (Å²) in [6.45, 7) is 9.24. The Morgan fingerprint density at radius 1 is 1.33 bits per heavy atom. The fourth-order valence-corrected chi connectivity index (χ4v) is 3.54. The average molecular weight is 303 g/mol. The Bertz CT molecular complexity index is 618. The molecule has 2 N–H and O–H groups in total. The van der Waals surface area contributed by atoms with Crippen molar-refractivity contribution in [2.24, 2.45) is 5.73 Å². The van der Waals surface area contributed by atoms with Crippen LogP contribution in [0.15, 0.2) is 18.2 Å². The summed E-state index contributed by atoms with van der Waals surface area (Å²) in [6.07, 6.45) is 1.09. The van der Waals surface area contributed by atoms with E-state index < -0.39 is 0 Å². The molecule has 1 aromatic carbocycles. The molecule has 0 radical (unpaired) electrons. The van der Waals surface area contributed by atoms with E-state index >= 15 is 0 Å². The van der Waals surface area contributed by atoms with E-state index in [0.29, 0.717) is 12.5 Å². The lowest BCUT2D eigenvalue weighted by Gasteiger charge is -2.19. The third-order valence-corrected chi connectivity index (χ3v) is 5.15. The second-order valence-corrected chi connectivity index (χ2v) is 6.73. The fourth-order valence-electron chi connectivity index (χ4n) is 2.50. The third kappa shape index (κ3) is 3.27. The number of nitrogens with zero attached hydrogens (tertiary/aromatic N) is 2. The van der Waals surface area contributed by atoms with Crippen LogP contribution in [-0.2, 0) is 6.54 Å². The number of rotatable bonds is 5. The highest BCUT2D eigenvalue weighted by Gasteiger charge is 2.18. The summed E-state index contributed by atoms with van der Waals surface area (Å²) in [7, 11) is 2.08. The lowest BCUT2D eigenvalue weighted by Crippen LogP contribution is -2.11. The Labute approximate surface area is 131 Å². The molecule has 2 rings (SSSR count). The lowest BCUT2D eigenvalue weighted by molar-refractivity contribution is 0.703. The van der Waals surface area contributed by atoms with E-state index in [1.807, 2.05) is 0 Å². The maximum Gasteiger partial charge on any atom is 0.190 e. The molecule has 1 heterocycles. The van der Waals surface area contributed by atoms with Crippen molar-refractivity contribution in [3.63, 3.8) is 0 Å². The monoisotopic (exact) mass is 303 g/mol. The molecular formula is C17H25N3S. The number of thiazole rings is 1. The molecule has 3 nitrogen and oxygen atoms in total. The third-order valence-electron chi connectivity index (χ3n) is 3.98. The molecule has 114 valence electrons. The minimum absolute atomic E-state index is 0.459. The van der Waals surface area contributed by atoms with Gasteiger partial charge < -0.3 is 10.6 Å². The SMILES string of the molecule is CCC(C)c1nc(N(C)c2ccc(C)cc2C)sc1CN. The number of hydrogen-bond donors (Lipinski definition) is 1. The zero-order valence-electron chi connectivity index (χ0n) is 13.6. The van der Waals surface area contributed by atoms with E-state index in [1.165, 1.54) is 21.7 Å². The van der Waals surface area contributed by atoms with Crippen molar-refractivity contribution in [2.45, 2.75) is 46.6 Å². The summed E-state index contributed by atoms with van der Waals surface area (Å²) in [5, 5.41) is 1.03. The van der Waals surface area contributed by atoms with Gasteiger partial charge in [-0.1, -0.05) is 42.9 Å². The Morgan fingerprint density at radius 2 is 2.05 bits per heavy atom. The van der Waals surface area contributed by atoms with Crippen molar-refractivity contribution in [3.8, 4) is 0 Å². The molecule has 1 aromatic heterocycles. The number of anilines is 2. The number of aryl methyl sites for hydroxylation is 2. The summed E-state index contributed by atoms with van der Waals surface area (Å²) in [5.74, 6) is 0.459. The van der Waals surface area contributed by atoms with Gasteiger partial charge in [0, 0.05) is 24.2 Å². The summed E-state index contributed by atoms with van der Waals surface area (Å²) >= 11 is 1.71. The summed E-state index contributed by atoms with van der Waals surface area (Å²) in [4.78, 5) is 8.23. The molecule has 0 aliphatic rings. The van der Waals surface area contributed by atoms with Gasteiger partial charge in [-0.15, -0.1) is 0 Å². The molecule has 0 spiro atoms. The standard InChI is InChI=1S/C17H25N3S/c1-6-12(3)16-15(10-18)21-17(19-16)20(5)14-8-7-11(2)9-13(14)4/h7-9,12H,6,10,18H2,1-5H3. The smallest absolute Gasteiger partial charge is 0.190 e. The molecule has 2 aromatic rings. The highest BCUT2D eigenvalue weighted by Crippen LogP contribution is 2.35. The number of nitrogens with two attached hydrogens (primary N) is 1. The lowest BCUT2D eigenvalue weighted by atomic mass is 10.0. The van der Waals surface area contributed by atoms with Gasteiger partial charge in [0.15, 0.2) is 5.13 Å². The molecule has 0 saturated carbocycles. The first kappa shape index (κ1) is 16.0. The van der Waals surface area contributed by atoms with Crippen LogP contribution in [-0.4, -0.2) is 12.0 Å². The van der Waals surface area contributed by atoms with Gasteiger partial charge in [-0.05, 0) is 37.8 Å². The van der Waals surface area contributed by atoms with Crippen molar-refractivity contribution in [3.05, 3.63) is 39.9 Å². The quantitative estimate of drug-likeness (QED) is 0.884. The van der Waals surface area contributed by atoms with Gasteiger partial charge in [0.1, 0.15) is 0 Å². The predicted molar refractivity (Wildman–Crippen MR) is 92.7 cm³/mol. The molecule has 4 heteroatoms. The van der Waals surface area contributed by atoms with E-state index in [4.69, 9.17) is 10.7 Å². The zero-order chi connectivity index (χ0) is 15.6. The van der Waals surface area contributed by atoms with E-state index in [9.17, 15) is 0 Å². The highest BCUT2D eigenvalue weighted by molar-refractivity contribution is 7.15. The Kier molecular flexibility index (Phi) is 5.01.